The van der Waals surface area contributed by atoms with Crippen LogP contribution in [-0.4, -0.2) is 30.6 Å². The number of nitrogens with two attached hydrogens (primary N) is 1. The molecular weight excluding hydrogens is 224 g/mol. The van der Waals surface area contributed by atoms with Crippen molar-refractivity contribution in [2.24, 2.45) is 5.73 Å². The summed E-state index contributed by atoms with van der Waals surface area (Å²) >= 11 is 0. The fraction of sp³-hybridized carbons (Fsp3) is 0.600. The first kappa shape index (κ1) is 13.4. The average molecular weight is 248 g/mol. The summed E-state index contributed by atoms with van der Waals surface area (Å²) in [6.45, 7) is 7.26. The van der Waals surface area contributed by atoms with Crippen LogP contribution in [0.3, 0.4) is 0 Å². The van der Waals surface area contributed by atoms with Crippen molar-refractivity contribution < 1.29 is 4.74 Å². The number of rotatable bonds is 5. The summed E-state index contributed by atoms with van der Waals surface area (Å²) in [6, 6.07) is 9.06. The second kappa shape index (κ2) is 6.21. The van der Waals surface area contributed by atoms with Crippen LogP contribution >= 0.6 is 0 Å². The molecule has 1 heterocycles. The van der Waals surface area contributed by atoms with Crippen molar-refractivity contribution >= 4 is 0 Å². The van der Waals surface area contributed by atoms with Crippen molar-refractivity contribution in [1.29, 1.82) is 0 Å². The Bertz CT molecular complexity index is 363. The predicted molar refractivity (Wildman–Crippen MR) is 74.8 cm³/mol. The molecule has 1 saturated heterocycles. The molecule has 18 heavy (non-hydrogen) atoms. The molecule has 1 aliphatic rings. The fourth-order valence-electron chi connectivity index (χ4n) is 2.68. The maximum Gasteiger partial charge on any atom is 0.119 e. The second-order valence-corrected chi connectivity index (χ2v) is 4.94. The van der Waals surface area contributed by atoms with E-state index in [4.69, 9.17) is 10.5 Å². The highest BCUT2D eigenvalue weighted by Gasteiger charge is 2.31. The van der Waals surface area contributed by atoms with E-state index in [1.807, 2.05) is 0 Å². The van der Waals surface area contributed by atoms with Gasteiger partial charge in [-0.3, -0.25) is 4.90 Å². The van der Waals surface area contributed by atoms with Crippen molar-refractivity contribution in [1.82, 2.24) is 4.90 Å². The molecule has 1 fully saturated rings. The molecule has 2 N–H and O–H groups in total. The van der Waals surface area contributed by atoms with Crippen LogP contribution in [0.1, 0.15) is 38.3 Å². The van der Waals surface area contributed by atoms with Gasteiger partial charge in [0.1, 0.15) is 5.75 Å². The number of hydrogen-bond donors (Lipinski definition) is 1. The van der Waals surface area contributed by atoms with Gasteiger partial charge in [-0.25, -0.2) is 0 Å². The van der Waals surface area contributed by atoms with Gasteiger partial charge in [0.25, 0.3) is 0 Å². The Kier molecular flexibility index (Phi) is 4.61. The molecule has 3 nitrogen and oxygen atoms in total. The average Bonchev–Trinajstić information content (AvgIpc) is 2.78. The third kappa shape index (κ3) is 2.85. The van der Waals surface area contributed by atoms with Crippen molar-refractivity contribution in [3.8, 4) is 5.75 Å². The highest BCUT2D eigenvalue weighted by molar-refractivity contribution is 5.30. The van der Waals surface area contributed by atoms with E-state index in [0.29, 0.717) is 6.04 Å². The van der Waals surface area contributed by atoms with E-state index >= 15 is 0 Å². The van der Waals surface area contributed by atoms with Gasteiger partial charge in [-0.05, 0) is 37.1 Å². The maximum absolute atomic E-state index is 6.22. The first-order valence-corrected chi connectivity index (χ1v) is 6.98. The molecule has 1 aliphatic heterocycles. The van der Waals surface area contributed by atoms with Crippen LogP contribution in [0, 0.1) is 0 Å². The standard InChI is InChI=1S/C15H24N2O/c1-3-11-18-13-7-5-12(6-8-13)15-14(16)9-10-17(15)4-2/h5-8,14-15H,3-4,9-11,16H2,1-2H3. The van der Waals surface area contributed by atoms with Crippen LogP contribution in [0.5, 0.6) is 5.75 Å². The Morgan fingerprint density at radius 1 is 1.28 bits per heavy atom. The van der Waals surface area contributed by atoms with Gasteiger partial charge in [0.15, 0.2) is 0 Å². The molecule has 0 aromatic heterocycles. The third-order valence-corrected chi connectivity index (χ3v) is 3.65. The van der Waals surface area contributed by atoms with E-state index in [-0.39, 0.29) is 6.04 Å². The lowest BCUT2D eigenvalue weighted by molar-refractivity contribution is 0.260. The van der Waals surface area contributed by atoms with Crippen LogP contribution in [0.4, 0.5) is 0 Å². The summed E-state index contributed by atoms with van der Waals surface area (Å²) in [4.78, 5) is 2.45. The van der Waals surface area contributed by atoms with Gasteiger partial charge in [-0.1, -0.05) is 26.0 Å². The summed E-state index contributed by atoms with van der Waals surface area (Å²) in [5.41, 5.74) is 7.53. The van der Waals surface area contributed by atoms with Gasteiger partial charge in [0.2, 0.25) is 0 Å². The number of nitrogens with zero attached hydrogens (tertiary/aromatic N) is 1. The van der Waals surface area contributed by atoms with Crippen molar-refractivity contribution in [2.75, 3.05) is 19.7 Å². The largest absolute Gasteiger partial charge is 0.494 e. The Morgan fingerprint density at radius 2 is 2.00 bits per heavy atom. The first-order chi connectivity index (χ1) is 8.76. The highest BCUT2D eigenvalue weighted by atomic mass is 16.5. The molecule has 0 saturated carbocycles. The zero-order valence-electron chi connectivity index (χ0n) is 11.4. The molecule has 2 atom stereocenters. The summed E-state index contributed by atoms with van der Waals surface area (Å²) < 4.78 is 5.61. The van der Waals surface area contributed by atoms with Crippen LogP contribution in [0.15, 0.2) is 24.3 Å². The molecule has 2 rings (SSSR count). The Hall–Kier alpha value is -1.06. The van der Waals surface area contributed by atoms with E-state index in [0.717, 1.165) is 38.3 Å². The predicted octanol–water partition coefficient (Wildman–Crippen LogP) is 2.57. The number of likely N-dealkylation sites (tertiary alicyclic amines) is 1. The van der Waals surface area contributed by atoms with Gasteiger partial charge in [-0.15, -0.1) is 0 Å². The van der Waals surface area contributed by atoms with E-state index < -0.39 is 0 Å². The molecule has 0 spiro atoms. The molecule has 0 aliphatic carbocycles. The second-order valence-electron chi connectivity index (χ2n) is 4.94. The topological polar surface area (TPSA) is 38.5 Å². The summed E-state index contributed by atoms with van der Waals surface area (Å²) in [6.07, 6.45) is 2.13. The molecule has 1 aromatic rings. The zero-order valence-corrected chi connectivity index (χ0v) is 11.4. The molecule has 1 aromatic carbocycles. The molecular formula is C15H24N2O. The normalized spacial score (nSPS) is 24.4. The SMILES string of the molecule is CCCOc1ccc(C2C(N)CCN2CC)cc1. The van der Waals surface area contributed by atoms with Gasteiger partial charge in [0.05, 0.1) is 6.61 Å². The molecule has 0 amide bonds. The van der Waals surface area contributed by atoms with Gasteiger partial charge < -0.3 is 10.5 Å². The van der Waals surface area contributed by atoms with Crippen LogP contribution in [-0.2, 0) is 0 Å². The van der Waals surface area contributed by atoms with Crippen LogP contribution < -0.4 is 10.5 Å². The Morgan fingerprint density at radius 3 is 2.61 bits per heavy atom. The number of ether oxygens (including phenoxy) is 1. The molecule has 0 radical (unpaired) electrons. The molecule has 0 bridgehead atoms. The molecule has 3 heteroatoms. The maximum atomic E-state index is 6.22. The van der Waals surface area contributed by atoms with Gasteiger partial charge >= 0.3 is 0 Å². The number of hydrogen-bond acceptors (Lipinski definition) is 3. The van der Waals surface area contributed by atoms with Crippen molar-refractivity contribution in [2.45, 2.75) is 38.8 Å². The van der Waals surface area contributed by atoms with E-state index in [9.17, 15) is 0 Å². The third-order valence-electron chi connectivity index (χ3n) is 3.65. The van der Waals surface area contributed by atoms with E-state index in [1.54, 1.807) is 0 Å². The fourth-order valence-corrected chi connectivity index (χ4v) is 2.68. The van der Waals surface area contributed by atoms with Crippen LogP contribution in [0.2, 0.25) is 0 Å². The Balaban J connectivity index is 2.08. The van der Waals surface area contributed by atoms with Gasteiger partial charge in [0, 0.05) is 18.6 Å². The molecule has 100 valence electrons. The monoisotopic (exact) mass is 248 g/mol. The summed E-state index contributed by atoms with van der Waals surface area (Å²) in [7, 11) is 0. The molecule has 2 unspecified atom stereocenters. The minimum absolute atomic E-state index is 0.257. The van der Waals surface area contributed by atoms with Crippen molar-refractivity contribution in [3.63, 3.8) is 0 Å². The minimum Gasteiger partial charge on any atom is -0.494 e. The quantitative estimate of drug-likeness (QED) is 0.870. The van der Waals surface area contributed by atoms with E-state index in [1.165, 1.54) is 5.56 Å². The summed E-state index contributed by atoms with van der Waals surface area (Å²) in [5.74, 6) is 0.954. The Labute approximate surface area is 110 Å². The number of likely N-dealkylation sites (N-methyl/N-ethyl adjacent to an activating group) is 1. The first-order valence-electron chi connectivity index (χ1n) is 6.98. The minimum atomic E-state index is 0.257. The van der Waals surface area contributed by atoms with Gasteiger partial charge in [-0.2, -0.15) is 0 Å². The lowest BCUT2D eigenvalue weighted by atomic mass is 10.0. The lowest BCUT2D eigenvalue weighted by Crippen LogP contribution is -2.31. The summed E-state index contributed by atoms with van der Waals surface area (Å²) in [5, 5.41) is 0. The van der Waals surface area contributed by atoms with E-state index in [2.05, 4.69) is 43.0 Å². The van der Waals surface area contributed by atoms with Crippen molar-refractivity contribution in [3.05, 3.63) is 29.8 Å². The lowest BCUT2D eigenvalue weighted by Gasteiger charge is -2.26. The highest BCUT2D eigenvalue weighted by Crippen LogP contribution is 2.31. The zero-order chi connectivity index (χ0) is 13.0. The smallest absolute Gasteiger partial charge is 0.119 e. The number of benzene rings is 1. The van der Waals surface area contributed by atoms with Crippen LogP contribution in [0.25, 0.3) is 0 Å².